The molecule has 27 heavy (non-hydrogen) atoms. The van der Waals surface area contributed by atoms with Gasteiger partial charge in [-0.2, -0.15) is 0 Å². The molecule has 2 saturated heterocycles. The SMILES string of the molecule is O=C(CC(=O)N1CCN(c2ccc(F)cc2)CC1)NCCN1CCOCC1. The fraction of sp³-hybridized carbons (Fsp3) is 0.579. The van der Waals surface area contributed by atoms with E-state index in [1.165, 1.54) is 12.1 Å². The van der Waals surface area contributed by atoms with E-state index in [0.717, 1.165) is 38.5 Å². The summed E-state index contributed by atoms with van der Waals surface area (Å²) in [6.07, 6.45) is -0.111. The van der Waals surface area contributed by atoms with E-state index in [9.17, 15) is 14.0 Å². The first kappa shape index (κ1) is 19.6. The fourth-order valence-corrected chi connectivity index (χ4v) is 3.36. The van der Waals surface area contributed by atoms with Crippen molar-refractivity contribution in [3.63, 3.8) is 0 Å². The van der Waals surface area contributed by atoms with Crippen LogP contribution in [0.5, 0.6) is 0 Å². The van der Waals surface area contributed by atoms with E-state index in [4.69, 9.17) is 4.74 Å². The minimum Gasteiger partial charge on any atom is -0.379 e. The molecule has 0 spiro atoms. The molecule has 148 valence electrons. The molecule has 0 unspecified atom stereocenters. The lowest BCUT2D eigenvalue weighted by Gasteiger charge is -2.36. The van der Waals surface area contributed by atoms with Crippen LogP contribution in [-0.4, -0.2) is 87.2 Å². The summed E-state index contributed by atoms with van der Waals surface area (Å²) in [4.78, 5) is 30.4. The number of carbonyl (C=O) groups excluding carboxylic acids is 2. The van der Waals surface area contributed by atoms with Crippen LogP contribution in [0.4, 0.5) is 10.1 Å². The van der Waals surface area contributed by atoms with Crippen LogP contribution >= 0.6 is 0 Å². The van der Waals surface area contributed by atoms with Crippen LogP contribution in [0.1, 0.15) is 6.42 Å². The molecule has 0 aromatic heterocycles. The maximum Gasteiger partial charge on any atom is 0.232 e. The van der Waals surface area contributed by atoms with Crippen molar-refractivity contribution in [3.05, 3.63) is 30.1 Å². The van der Waals surface area contributed by atoms with Gasteiger partial charge in [-0.1, -0.05) is 0 Å². The molecule has 8 heteroatoms. The Morgan fingerprint density at radius 1 is 1.00 bits per heavy atom. The molecule has 0 bridgehead atoms. The van der Waals surface area contributed by atoms with Crippen LogP contribution < -0.4 is 10.2 Å². The Labute approximate surface area is 159 Å². The molecule has 2 fully saturated rings. The van der Waals surface area contributed by atoms with Crippen LogP contribution in [-0.2, 0) is 14.3 Å². The van der Waals surface area contributed by atoms with Crippen LogP contribution in [0, 0.1) is 5.82 Å². The summed E-state index contributed by atoms with van der Waals surface area (Å²) in [5.74, 6) is -0.626. The number of halogens is 1. The van der Waals surface area contributed by atoms with Crippen molar-refractivity contribution in [2.75, 3.05) is 70.5 Å². The van der Waals surface area contributed by atoms with Gasteiger partial charge in [-0.05, 0) is 24.3 Å². The summed E-state index contributed by atoms with van der Waals surface area (Å²) >= 11 is 0. The van der Waals surface area contributed by atoms with Crippen molar-refractivity contribution in [2.24, 2.45) is 0 Å². The smallest absolute Gasteiger partial charge is 0.232 e. The first-order valence-electron chi connectivity index (χ1n) is 9.47. The summed E-state index contributed by atoms with van der Waals surface area (Å²) < 4.78 is 18.3. The first-order valence-corrected chi connectivity index (χ1v) is 9.47. The summed E-state index contributed by atoms with van der Waals surface area (Å²) in [7, 11) is 0. The van der Waals surface area contributed by atoms with Gasteiger partial charge in [0.25, 0.3) is 0 Å². The van der Waals surface area contributed by atoms with Gasteiger partial charge in [-0.3, -0.25) is 14.5 Å². The van der Waals surface area contributed by atoms with E-state index in [0.29, 0.717) is 32.7 Å². The largest absolute Gasteiger partial charge is 0.379 e. The number of piperazine rings is 1. The number of rotatable bonds is 6. The number of hydrogen-bond acceptors (Lipinski definition) is 5. The Morgan fingerprint density at radius 3 is 2.33 bits per heavy atom. The van der Waals surface area contributed by atoms with Crippen molar-refractivity contribution < 1.29 is 18.7 Å². The normalized spacial score (nSPS) is 18.4. The average Bonchev–Trinajstić information content (AvgIpc) is 2.69. The molecule has 2 heterocycles. The third kappa shape index (κ3) is 5.90. The first-order chi connectivity index (χ1) is 13.1. The van der Waals surface area contributed by atoms with Gasteiger partial charge in [-0.15, -0.1) is 0 Å². The zero-order chi connectivity index (χ0) is 19.1. The van der Waals surface area contributed by atoms with Crippen LogP contribution in [0.15, 0.2) is 24.3 Å². The lowest BCUT2D eigenvalue weighted by molar-refractivity contribution is -0.136. The Hall–Kier alpha value is -2.19. The molecule has 3 rings (SSSR count). The van der Waals surface area contributed by atoms with Gasteiger partial charge >= 0.3 is 0 Å². The molecule has 2 amide bonds. The lowest BCUT2D eigenvalue weighted by atomic mass is 10.2. The molecule has 1 aromatic carbocycles. The molecule has 0 aliphatic carbocycles. The van der Waals surface area contributed by atoms with Gasteiger partial charge in [0, 0.05) is 58.0 Å². The third-order valence-corrected chi connectivity index (χ3v) is 4.99. The van der Waals surface area contributed by atoms with Gasteiger partial charge in [0.15, 0.2) is 0 Å². The number of anilines is 1. The average molecular weight is 378 g/mol. The molecule has 2 aliphatic rings. The zero-order valence-corrected chi connectivity index (χ0v) is 15.5. The minimum absolute atomic E-state index is 0.111. The molecule has 1 aromatic rings. The summed E-state index contributed by atoms with van der Waals surface area (Å²) in [5.41, 5.74) is 0.948. The predicted octanol–water partition coefficient (Wildman–Crippen LogP) is 0.313. The van der Waals surface area contributed by atoms with Crippen LogP contribution in [0.2, 0.25) is 0 Å². The number of nitrogens with one attached hydrogen (secondary N) is 1. The van der Waals surface area contributed by atoms with E-state index in [1.54, 1.807) is 17.0 Å². The van der Waals surface area contributed by atoms with Gasteiger partial charge in [0.2, 0.25) is 11.8 Å². The molecule has 0 atom stereocenters. The maximum atomic E-state index is 13.0. The number of ether oxygens (including phenoxy) is 1. The van der Waals surface area contributed by atoms with Gasteiger partial charge in [-0.25, -0.2) is 4.39 Å². The van der Waals surface area contributed by atoms with Crippen molar-refractivity contribution in [1.29, 1.82) is 0 Å². The fourth-order valence-electron chi connectivity index (χ4n) is 3.36. The number of morpholine rings is 1. The highest BCUT2D eigenvalue weighted by Crippen LogP contribution is 2.17. The number of benzene rings is 1. The van der Waals surface area contributed by atoms with E-state index in [2.05, 4.69) is 15.1 Å². The van der Waals surface area contributed by atoms with Crippen molar-refractivity contribution in [3.8, 4) is 0 Å². The monoisotopic (exact) mass is 378 g/mol. The van der Waals surface area contributed by atoms with Crippen molar-refractivity contribution in [2.45, 2.75) is 6.42 Å². The van der Waals surface area contributed by atoms with E-state index in [1.807, 2.05) is 0 Å². The number of nitrogens with zero attached hydrogens (tertiary/aromatic N) is 3. The Kier molecular flexibility index (Phi) is 7.00. The maximum absolute atomic E-state index is 13.0. The van der Waals surface area contributed by atoms with E-state index < -0.39 is 0 Å². The second-order valence-electron chi connectivity index (χ2n) is 6.82. The molecular weight excluding hydrogens is 351 g/mol. The van der Waals surface area contributed by atoms with Crippen LogP contribution in [0.3, 0.4) is 0 Å². The molecule has 1 N–H and O–H groups in total. The highest BCUT2D eigenvalue weighted by atomic mass is 19.1. The predicted molar refractivity (Wildman–Crippen MR) is 100 cm³/mol. The number of carbonyl (C=O) groups is 2. The Balaban J connectivity index is 1.34. The van der Waals surface area contributed by atoms with Gasteiger partial charge in [0.05, 0.1) is 13.2 Å². The third-order valence-electron chi connectivity index (χ3n) is 4.99. The molecule has 0 saturated carbocycles. The van der Waals surface area contributed by atoms with E-state index in [-0.39, 0.29) is 24.1 Å². The molecular formula is C19H27FN4O3. The standard InChI is InChI=1S/C19H27FN4O3/c20-16-1-3-17(4-2-16)23-7-9-24(10-8-23)19(26)15-18(25)21-5-6-22-11-13-27-14-12-22/h1-4H,5-15H2,(H,21,25). The summed E-state index contributed by atoms with van der Waals surface area (Å²) in [6.45, 7) is 7.04. The molecule has 2 aliphatic heterocycles. The second-order valence-corrected chi connectivity index (χ2v) is 6.82. The van der Waals surface area contributed by atoms with Gasteiger partial charge in [0.1, 0.15) is 12.2 Å². The highest BCUT2D eigenvalue weighted by Gasteiger charge is 2.23. The van der Waals surface area contributed by atoms with Crippen molar-refractivity contribution in [1.82, 2.24) is 15.1 Å². The van der Waals surface area contributed by atoms with Gasteiger partial charge < -0.3 is 19.9 Å². The number of amides is 2. The topological polar surface area (TPSA) is 65.1 Å². The summed E-state index contributed by atoms with van der Waals surface area (Å²) in [5, 5.41) is 2.83. The molecule has 7 nitrogen and oxygen atoms in total. The number of hydrogen-bond donors (Lipinski definition) is 1. The zero-order valence-electron chi connectivity index (χ0n) is 15.5. The summed E-state index contributed by atoms with van der Waals surface area (Å²) in [6, 6.07) is 6.37. The second kappa shape index (κ2) is 9.66. The molecule has 0 radical (unpaired) electrons. The Bertz CT molecular complexity index is 626. The van der Waals surface area contributed by atoms with Crippen molar-refractivity contribution >= 4 is 17.5 Å². The quantitative estimate of drug-likeness (QED) is 0.722. The lowest BCUT2D eigenvalue weighted by Crippen LogP contribution is -2.49. The van der Waals surface area contributed by atoms with Crippen LogP contribution in [0.25, 0.3) is 0 Å². The highest BCUT2D eigenvalue weighted by molar-refractivity contribution is 5.96. The minimum atomic E-state index is -0.257. The van der Waals surface area contributed by atoms with E-state index >= 15 is 0 Å². The Morgan fingerprint density at radius 2 is 1.67 bits per heavy atom.